The SMILES string of the molecule is CC[C@H]1O[C@@H](n2ccc(NC(=O)C(C)C)nc2=O)CC1O[P@@]1O[C@](C)(c2ccc(C)cc2)[C@@H]2CCCN21. The van der Waals surface area contributed by atoms with Crippen molar-refractivity contribution in [2.45, 2.75) is 90.4 Å². The molecule has 0 spiro atoms. The van der Waals surface area contributed by atoms with Gasteiger partial charge >= 0.3 is 5.69 Å². The van der Waals surface area contributed by atoms with Crippen molar-refractivity contribution in [3.8, 4) is 0 Å². The van der Waals surface area contributed by atoms with Gasteiger partial charge in [-0.05, 0) is 44.7 Å². The largest absolute Gasteiger partial charge is 0.352 e. The first-order chi connectivity index (χ1) is 17.7. The number of rotatable bonds is 7. The van der Waals surface area contributed by atoms with Crippen molar-refractivity contribution in [3.05, 3.63) is 58.1 Å². The first-order valence-electron chi connectivity index (χ1n) is 13.2. The van der Waals surface area contributed by atoms with Gasteiger partial charge < -0.3 is 19.1 Å². The van der Waals surface area contributed by atoms with Crippen molar-refractivity contribution in [1.29, 1.82) is 0 Å². The van der Waals surface area contributed by atoms with Crippen LogP contribution in [0.3, 0.4) is 0 Å². The Hall–Kier alpha value is -2.16. The van der Waals surface area contributed by atoms with Crippen LogP contribution in [0.15, 0.2) is 41.3 Å². The van der Waals surface area contributed by atoms with Gasteiger partial charge in [0.15, 0.2) is 0 Å². The lowest BCUT2D eigenvalue weighted by Crippen LogP contribution is -2.36. The van der Waals surface area contributed by atoms with Gasteiger partial charge in [-0.1, -0.05) is 50.6 Å². The maximum Gasteiger partial charge on any atom is 0.351 e. The summed E-state index contributed by atoms with van der Waals surface area (Å²) in [6.45, 7) is 10.9. The topological polar surface area (TPSA) is 94.9 Å². The Bertz CT molecular complexity index is 1190. The zero-order chi connectivity index (χ0) is 26.3. The fraction of sp³-hybridized carbons (Fsp3) is 0.593. The van der Waals surface area contributed by atoms with Crippen LogP contribution in [0, 0.1) is 12.8 Å². The Morgan fingerprint density at radius 1 is 1.30 bits per heavy atom. The van der Waals surface area contributed by atoms with Gasteiger partial charge in [0, 0.05) is 25.1 Å². The number of nitrogens with zero attached hydrogens (tertiary/aromatic N) is 3. The van der Waals surface area contributed by atoms with Crippen LogP contribution >= 0.6 is 8.53 Å². The number of aromatic nitrogens is 2. The van der Waals surface area contributed by atoms with E-state index in [1.165, 1.54) is 15.7 Å². The number of aryl methyl sites for hydroxylation is 1. The average Bonchev–Trinajstić information content (AvgIpc) is 3.57. The van der Waals surface area contributed by atoms with Crippen LogP contribution in [-0.2, 0) is 24.2 Å². The van der Waals surface area contributed by atoms with Crippen LogP contribution in [-0.4, -0.2) is 44.9 Å². The molecule has 3 saturated heterocycles. The summed E-state index contributed by atoms with van der Waals surface area (Å²) in [7, 11) is -1.26. The predicted molar refractivity (Wildman–Crippen MR) is 142 cm³/mol. The zero-order valence-corrected chi connectivity index (χ0v) is 23.1. The molecule has 1 aromatic carbocycles. The Morgan fingerprint density at radius 2 is 2.05 bits per heavy atom. The molecule has 6 atom stereocenters. The Balaban J connectivity index is 1.31. The molecule has 1 unspecified atom stereocenters. The number of carbonyl (C=O) groups is 1. The second-order valence-corrected chi connectivity index (χ2v) is 12.1. The van der Waals surface area contributed by atoms with E-state index in [9.17, 15) is 9.59 Å². The van der Waals surface area contributed by atoms with Crippen molar-refractivity contribution in [2.75, 3.05) is 11.9 Å². The van der Waals surface area contributed by atoms with Gasteiger partial charge in [-0.25, -0.2) is 9.46 Å². The van der Waals surface area contributed by atoms with Crippen molar-refractivity contribution >= 4 is 20.3 Å². The number of amides is 1. The van der Waals surface area contributed by atoms with E-state index in [1.807, 2.05) is 0 Å². The minimum atomic E-state index is -1.26. The van der Waals surface area contributed by atoms with E-state index in [1.54, 1.807) is 26.1 Å². The maximum atomic E-state index is 12.8. The van der Waals surface area contributed by atoms with Crippen LogP contribution in [0.25, 0.3) is 0 Å². The molecule has 9 nitrogen and oxygen atoms in total. The molecule has 0 aliphatic carbocycles. The highest BCUT2D eigenvalue weighted by molar-refractivity contribution is 7.45. The molecule has 1 amide bonds. The Kier molecular flexibility index (Phi) is 7.53. The molecule has 2 aromatic rings. The number of carbonyl (C=O) groups excluding carboxylic acids is 1. The third kappa shape index (κ3) is 5.12. The highest BCUT2D eigenvalue weighted by Gasteiger charge is 2.56. The summed E-state index contributed by atoms with van der Waals surface area (Å²) in [4.78, 5) is 28.8. The highest BCUT2D eigenvalue weighted by Crippen LogP contribution is 2.64. The molecule has 37 heavy (non-hydrogen) atoms. The third-order valence-corrected chi connectivity index (χ3v) is 9.57. The molecule has 200 valence electrons. The molecule has 0 radical (unpaired) electrons. The summed E-state index contributed by atoms with van der Waals surface area (Å²) in [5.74, 6) is -0.137. The summed E-state index contributed by atoms with van der Waals surface area (Å²) in [6.07, 6.45) is 4.28. The Morgan fingerprint density at radius 3 is 2.73 bits per heavy atom. The first-order valence-corrected chi connectivity index (χ1v) is 14.4. The van der Waals surface area contributed by atoms with E-state index in [0.29, 0.717) is 6.42 Å². The lowest BCUT2D eigenvalue weighted by molar-refractivity contribution is -0.118. The number of fused-ring (bicyclic) bond motifs is 1. The minimum Gasteiger partial charge on any atom is -0.352 e. The third-order valence-electron chi connectivity index (χ3n) is 7.69. The average molecular weight is 529 g/mol. The molecule has 5 rings (SSSR count). The summed E-state index contributed by atoms with van der Waals surface area (Å²) in [5, 5.41) is 2.67. The number of benzene rings is 1. The number of hydrogen-bond donors (Lipinski definition) is 1. The van der Waals surface area contributed by atoms with Gasteiger partial charge in [0.1, 0.15) is 17.6 Å². The quantitative estimate of drug-likeness (QED) is 0.513. The van der Waals surface area contributed by atoms with Gasteiger partial charge in [0.05, 0.1) is 18.2 Å². The first kappa shape index (κ1) is 26.4. The second-order valence-electron chi connectivity index (χ2n) is 10.7. The maximum absolute atomic E-state index is 12.8. The van der Waals surface area contributed by atoms with E-state index in [4.69, 9.17) is 13.8 Å². The molecular weight excluding hydrogens is 491 g/mol. The molecule has 3 aliphatic rings. The molecule has 1 aromatic heterocycles. The number of anilines is 1. The normalized spacial score (nSPS) is 31.7. The van der Waals surface area contributed by atoms with Crippen LogP contribution in [0.1, 0.15) is 70.7 Å². The van der Waals surface area contributed by atoms with Crippen LogP contribution < -0.4 is 11.0 Å². The fourth-order valence-corrected chi connectivity index (χ4v) is 7.57. The number of ether oxygens (including phenoxy) is 1. The second kappa shape index (κ2) is 10.5. The van der Waals surface area contributed by atoms with Crippen LogP contribution in [0.5, 0.6) is 0 Å². The van der Waals surface area contributed by atoms with Crippen molar-refractivity contribution in [2.24, 2.45) is 5.92 Å². The molecule has 3 fully saturated rings. The van der Waals surface area contributed by atoms with Crippen molar-refractivity contribution in [1.82, 2.24) is 14.2 Å². The summed E-state index contributed by atoms with van der Waals surface area (Å²) in [6, 6.07) is 10.5. The van der Waals surface area contributed by atoms with Gasteiger partial charge in [0.25, 0.3) is 8.53 Å². The van der Waals surface area contributed by atoms with Gasteiger partial charge in [-0.3, -0.25) is 9.36 Å². The summed E-state index contributed by atoms with van der Waals surface area (Å²) in [5.41, 5.74) is 1.52. The molecular formula is C27H37N4O5P. The lowest BCUT2D eigenvalue weighted by atomic mass is 9.87. The molecule has 10 heteroatoms. The van der Waals surface area contributed by atoms with Crippen LogP contribution in [0.4, 0.5) is 5.82 Å². The predicted octanol–water partition coefficient (Wildman–Crippen LogP) is 4.87. The van der Waals surface area contributed by atoms with E-state index >= 15 is 0 Å². The monoisotopic (exact) mass is 528 g/mol. The summed E-state index contributed by atoms with van der Waals surface area (Å²) < 4.78 is 23.5. The van der Waals surface area contributed by atoms with Gasteiger partial charge in [-0.15, -0.1) is 0 Å². The van der Waals surface area contributed by atoms with Gasteiger partial charge in [0.2, 0.25) is 5.91 Å². The molecule has 0 bridgehead atoms. The number of hydrogen-bond acceptors (Lipinski definition) is 7. The van der Waals surface area contributed by atoms with Crippen molar-refractivity contribution < 1.29 is 18.6 Å². The lowest BCUT2D eigenvalue weighted by Gasteiger charge is -2.29. The van der Waals surface area contributed by atoms with E-state index < -0.39 is 26.0 Å². The standard InChI is InChI=1S/C27H37N4O5P/c1-6-20-21(16-24(34-20)30-15-13-23(29-26(30)33)28-25(32)17(2)3)35-37-31-14-7-8-22(31)27(5,36-37)19-11-9-18(4)10-12-19/h9-13,15,17,20-22,24H,6-8,14,16H2,1-5H3,(H,28,29,32,33)/t20-,21?,22+,24-,27-,37+/m1/s1. The molecule has 4 heterocycles. The van der Waals surface area contributed by atoms with Gasteiger partial charge in [-0.2, -0.15) is 4.98 Å². The highest BCUT2D eigenvalue weighted by atomic mass is 31.2. The van der Waals surface area contributed by atoms with Crippen molar-refractivity contribution in [3.63, 3.8) is 0 Å². The fourth-order valence-electron chi connectivity index (χ4n) is 5.43. The molecule has 3 aliphatic heterocycles. The van der Waals surface area contributed by atoms with E-state index in [2.05, 4.69) is 60.0 Å². The zero-order valence-electron chi connectivity index (χ0n) is 22.2. The Labute approximate surface area is 219 Å². The van der Waals surface area contributed by atoms with E-state index in [0.717, 1.165) is 25.8 Å². The molecule has 1 N–H and O–H groups in total. The minimum absolute atomic E-state index is 0.157. The summed E-state index contributed by atoms with van der Waals surface area (Å²) >= 11 is 0. The number of nitrogens with one attached hydrogen (secondary N) is 1. The van der Waals surface area contributed by atoms with E-state index in [-0.39, 0.29) is 35.9 Å². The smallest absolute Gasteiger partial charge is 0.351 e. The molecule has 0 saturated carbocycles. The van der Waals surface area contributed by atoms with Crippen LogP contribution in [0.2, 0.25) is 0 Å².